The largest absolute Gasteiger partial charge is 0.338 e. The summed E-state index contributed by atoms with van der Waals surface area (Å²) < 4.78 is 39.3. The maximum atomic E-state index is 13.2. The lowest BCUT2D eigenvalue weighted by molar-refractivity contribution is -0.132. The van der Waals surface area contributed by atoms with Gasteiger partial charge in [0.25, 0.3) is 5.91 Å². The number of likely N-dealkylation sites (N-methyl/N-ethyl adjacent to an activating group) is 1. The smallest absolute Gasteiger partial charge is 0.255 e. The molecule has 0 radical (unpaired) electrons. The SMILES string of the molecule is CN(CC(=O)N1CCN(C(=O)c2ccc(F)cc2Cl)CC1)S(=O)(=O)c1ccccc1. The molecule has 30 heavy (non-hydrogen) atoms. The fraction of sp³-hybridized carbons (Fsp3) is 0.300. The van der Waals surface area contributed by atoms with Gasteiger partial charge >= 0.3 is 0 Å². The minimum absolute atomic E-state index is 0.0336. The molecule has 2 amide bonds. The van der Waals surface area contributed by atoms with Gasteiger partial charge in [-0.25, -0.2) is 12.8 Å². The van der Waals surface area contributed by atoms with Gasteiger partial charge in [0.2, 0.25) is 15.9 Å². The molecular weight excluding hydrogens is 433 g/mol. The Balaban J connectivity index is 1.58. The molecule has 0 unspecified atom stereocenters. The minimum Gasteiger partial charge on any atom is -0.338 e. The number of carbonyl (C=O) groups is 2. The summed E-state index contributed by atoms with van der Waals surface area (Å²) in [7, 11) is -2.41. The average Bonchev–Trinajstić information content (AvgIpc) is 2.74. The maximum absolute atomic E-state index is 13.2. The van der Waals surface area contributed by atoms with Crippen molar-refractivity contribution < 1.29 is 22.4 Å². The fourth-order valence-corrected chi connectivity index (χ4v) is 4.53. The first kappa shape index (κ1) is 22.2. The number of halogens is 2. The predicted molar refractivity (Wildman–Crippen MR) is 110 cm³/mol. The fourth-order valence-electron chi connectivity index (χ4n) is 3.14. The van der Waals surface area contributed by atoms with Gasteiger partial charge in [0.15, 0.2) is 0 Å². The molecule has 0 aromatic heterocycles. The zero-order valence-corrected chi connectivity index (χ0v) is 17.9. The van der Waals surface area contributed by atoms with E-state index in [4.69, 9.17) is 11.6 Å². The highest BCUT2D eigenvalue weighted by molar-refractivity contribution is 7.89. The predicted octanol–water partition coefficient (Wildman–Crippen LogP) is 2.08. The molecule has 3 rings (SSSR count). The topological polar surface area (TPSA) is 78.0 Å². The van der Waals surface area contributed by atoms with Crippen molar-refractivity contribution in [1.29, 1.82) is 0 Å². The normalized spacial score (nSPS) is 14.8. The zero-order valence-electron chi connectivity index (χ0n) is 16.3. The van der Waals surface area contributed by atoms with Crippen molar-refractivity contribution in [3.05, 3.63) is 64.9 Å². The van der Waals surface area contributed by atoms with E-state index < -0.39 is 15.8 Å². The van der Waals surface area contributed by atoms with Gasteiger partial charge in [0, 0.05) is 33.2 Å². The number of hydrogen-bond donors (Lipinski definition) is 0. The summed E-state index contributed by atoms with van der Waals surface area (Å²) in [6.45, 7) is 0.779. The van der Waals surface area contributed by atoms with Crippen LogP contribution in [0.4, 0.5) is 4.39 Å². The highest BCUT2D eigenvalue weighted by atomic mass is 35.5. The molecule has 7 nitrogen and oxygen atoms in total. The second-order valence-electron chi connectivity index (χ2n) is 6.87. The number of carbonyl (C=O) groups excluding carboxylic acids is 2. The summed E-state index contributed by atoms with van der Waals surface area (Å²) in [6, 6.07) is 11.5. The lowest BCUT2D eigenvalue weighted by Gasteiger charge is -2.35. The Kier molecular flexibility index (Phi) is 6.74. The Morgan fingerprint density at radius 1 is 1.03 bits per heavy atom. The van der Waals surface area contributed by atoms with E-state index in [1.165, 1.54) is 41.1 Å². The third kappa shape index (κ3) is 4.80. The van der Waals surface area contributed by atoms with E-state index in [-0.39, 0.29) is 60.0 Å². The summed E-state index contributed by atoms with van der Waals surface area (Å²) in [6.07, 6.45) is 0. The first-order valence-electron chi connectivity index (χ1n) is 9.23. The van der Waals surface area contributed by atoms with Crippen LogP contribution in [-0.4, -0.2) is 74.1 Å². The quantitative estimate of drug-likeness (QED) is 0.694. The Bertz CT molecular complexity index is 1040. The van der Waals surface area contributed by atoms with Crippen molar-refractivity contribution in [2.75, 3.05) is 39.8 Å². The van der Waals surface area contributed by atoms with E-state index >= 15 is 0 Å². The Morgan fingerprint density at radius 2 is 1.63 bits per heavy atom. The molecule has 0 spiro atoms. The van der Waals surface area contributed by atoms with Crippen LogP contribution in [0.5, 0.6) is 0 Å². The monoisotopic (exact) mass is 453 g/mol. The van der Waals surface area contributed by atoms with Crippen LogP contribution in [0.2, 0.25) is 5.02 Å². The summed E-state index contributed by atoms with van der Waals surface area (Å²) >= 11 is 5.96. The van der Waals surface area contributed by atoms with E-state index in [1.807, 2.05) is 0 Å². The van der Waals surface area contributed by atoms with Crippen molar-refractivity contribution in [3.8, 4) is 0 Å². The molecule has 2 aromatic carbocycles. The van der Waals surface area contributed by atoms with Crippen LogP contribution in [0, 0.1) is 5.82 Å². The van der Waals surface area contributed by atoms with E-state index in [0.717, 1.165) is 10.4 Å². The minimum atomic E-state index is -3.77. The maximum Gasteiger partial charge on any atom is 0.255 e. The van der Waals surface area contributed by atoms with Gasteiger partial charge in [-0.1, -0.05) is 29.8 Å². The van der Waals surface area contributed by atoms with Crippen molar-refractivity contribution in [2.45, 2.75) is 4.90 Å². The van der Waals surface area contributed by atoms with Gasteiger partial charge < -0.3 is 9.80 Å². The summed E-state index contributed by atoms with van der Waals surface area (Å²) in [5.41, 5.74) is 0.200. The molecule has 1 aliphatic rings. The second kappa shape index (κ2) is 9.11. The molecule has 1 fully saturated rings. The van der Waals surface area contributed by atoms with Crippen LogP contribution in [0.25, 0.3) is 0 Å². The third-order valence-electron chi connectivity index (χ3n) is 4.89. The summed E-state index contributed by atoms with van der Waals surface area (Å²) in [5, 5.41) is 0.0336. The van der Waals surface area contributed by atoms with Crippen LogP contribution in [0.3, 0.4) is 0 Å². The van der Waals surface area contributed by atoms with Crippen LogP contribution in [0.1, 0.15) is 10.4 Å². The van der Waals surface area contributed by atoms with Crippen molar-refractivity contribution in [3.63, 3.8) is 0 Å². The van der Waals surface area contributed by atoms with E-state index in [9.17, 15) is 22.4 Å². The van der Waals surface area contributed by atoms with Crippen LogP contribution in [-0.2, 0) is 14.8 Å². The van der Waals surface area contributed by atoms with E-state index in [2.05, 4.69) is 0 Å². The molecule has 10 heteroatoms. The standard InChI is InChI=1S/C20H21ClFN3O4S/c1-23(30(28,29)16-5-3-2-4-6-16)14-19(26)24-9-11-25(12-10-24)20(27)17-8-7-15(22)13-18(17)21/h2-8,13H,9-12,14H2,1H3. The molecule has 1 saturated heterocycles. The van der Waals surface area contributed by atoms with Gasteiger partial charge in [-0.05, 0) is 30.3 Å². The van der Waals surface area contributed by atoms with Gasteiger partial charge in [0.05, 0.1) is 22.0 Å². The Morgan fingerprint density at radius 3 is 2.23 bits per heavy atom. The van der Waals surface area contributed by atoms with Crippen molar-refractivity contribution in [2.24, 2.45) is 0 Å². The number of hydrogen-bond acceptors (Lipinski definition) is 4. The molecule has 160 valence electrons. The highest BCUT2D eigenvalue weighted by Crippen LogP contribution is 2.20. The first-order valence-corrected chi connectivity index (χ1v) is 11.1. The lowest BCUT2D eigenvalue weighted by atomic mass is 10.1. The zero-order chi connectivity index (χ0) is 21.9. The second-order valence-corrected chi connectivity index (χ2v) is 9.32. The number of nitrogens with zero attached hydrogens (tertiary/aromatic N) is 3. The number of amides is 2. The number of rotatable bonds is 5. The molecule has 0 atom stereocenters. The lowest BCUT2D eigenvalue weighted by Crippen LogP contribution is -2.52. The Hall–Kier alpha value is -2.49. The van der Waals surface area contributed by atoms with Crippen LogP contribution in [0.15, 0.2) is 53.4 Å². The van der Waals surface area contributed by atoms with Crippen LogP contribution >= 0.6 is 11.6 Å². The Labute approximate surface area is 179 Å². The molecule has 0 aliphatic carbocycles. The van der Waals surface area contributed by atoms with Crippen molar-refractivity contribution in [1.82, 2.24) is 14.1 Å². The summed E-state index contributed by atoms with van der Waals surface area (Å²) in [5.74, 6) is -1.21. The van der Waals surface area contributed by atoms with Gasteiger partial charge in [-0.15, -0.1) is 0 Å². The average molecular weight is 454 g/mol. The van der Waals surface area contributed by atoms with Gasteiger partial charge in [-0.2, -0.15) is 4.31 Å². The van der Waals surface area contributed by atoms with Gasteiger partial charge in [0.1, 0.15) is 5.82 Å². The molecule has 1 heterocycles. The number of piperazine rings is 1. The van der Waals surface area contributed by atoms with Crippen molar-refractivity contribution >= 4 is 33.4 Å². The molecular formula is C20H21ClFN3O4S. The molecule has 0 saturated carbocycles. The van der Waals surface area contributed by atoms with Gasteiger partial charge in [-0.3, -0.25) is 9.59 Å². The van der Waals surface area contributed by atoms with Crippen LogP contribution < -0.4 is 0 Å². The molecule has 0 bridgehead atoms. The van der Waals surface area contributed by atoms with E-state index in [0.29, 0.717) is 0 Å². The highest BCUT2D eigenvalue weighted by Gasteiger charge is 2.29. The molecule has 0 N–H and O–H groups in total. The summed E-state index contributed by atoms with van der Waals surface area (Å²) in [4.78, 5) is 28.4. The third-order valence-corrected chi connectivity index (χ3v) is 7.02. The van der Waals surface area contributed by atoms with E-state index in [1.54, 1.807) is 18.2 Å². The number of benzene rings is 2. The number of sulfonamides is 1. The first-order chi connectivity index (χ1) is 14.2. The molecule has 2 aromatic rings. The molecule has 1 aliphatic heterocycles.